The molecule has 0 atom stereocenters. The molecule has 0 radical (unpaired) electrons. The van der Waals surface area contributed by atoms with E-state index in [2.05, 4.69) is 4.90 Å². The smallest absolute Gasteiger partial charge is 0.263 e. The summed E-state index contributed by atoms with van der Waals surface area (Å²) >= 11 is 5.95. The van der Waals surface area contributed by atoms with Crippen LogP contribution in [0.4, 0.5) is 5.82 Å². The van der Waals surface area contributed by atoms with Crippen LogP contribution < -0.4 is 9.64 Å². The number of para-hydroxylation sites is 2. The van der Waals surface area contributed by atoms with Crippen LogP contribution >= 0.6 is 11.6 Å². The number of ether oxygens (including phenoxy) is 1. The molecule has 1 fully saturated rings. The summed E-state index contributed by atoms with van der Waals surface area (Å²) in [6.07, 6.45) is 3.62. The predicted molar refractivity (Wildman–Crippen MR) is 97.1 cm³/mol. The van der Waals surface area contributed by atoms with Crippen LogP contribution in [-0.4, -0.2) is 23.1 Å². The van der Waals surface area contributed by atoms with Crippen molar-refractivity contribution in [2.45, 2.75) is 19.3 Å². The number of hydrogen-bond acceptors (Lipinski definition) is 4. The van der Waals surface area contributed by atoms with Gasteiger partial charge >= 0.3 is 0 Å². The van der Waals surface area contributed by atoms with Gasteiger partial charge in [-0.1, -0.05) is 23.7 Å². The van der Waals surface area contributed by atoms with Gasteiger partial charge in [0, 0.05) is 18.1 Å². The Balaban J connectivity index is 1.76. The fraction of sp³-hybridized carbons (Fsp3) is 0.263. The van der Waals surface area contributed by atoms with E-state index in [1.165, 1.54) is 19.3 Å². The van der Waals surface area contributed by atoms with Crippen molar-refractivity contribution in [3.8, 4) is 11.6 Å². The average Bonchev–Trinajstić information content (AvgIpc) is 2.64. The zero-order valence-corrected chi connectivity index (χ0v) is 14.0. The van der Waals surface area contributed by atoms with E-state index in [-0.39, 0.29) is 0 Å². The lowest BCUT2D eigenvalue weighted by atomic mass is 10.1. The Bertz CT molecular complexity index is 845. The molecule has 0 unspecified atom stereocenters. The van der Waals surface area contributed by atoms with Crippen molar-refractivity contribution >= 4 is 28.5 Å². The molecule has 0 amide bonds. The summed E-state index contributed by atoms with van der Waals surface area (Å²) in [6.45, 7) is 1.98. The van der Waals surface area contributed by atoms with Gasteiger partial charge in [-0.2, -0.15) is 0 Å². The maximum absolute atomic E-state index is 6.05. The molecule has 5 heteroatoms. The van der Waals surface area contributed by atoms with Gasteiger partial charge in [-0.05, 0) is 55.7 Å². The summed E-state index contributed by atoms with van der Waals surface area (Å²) in [5, 5.41) is 0.684. The fourth-order valence-electron chi connectivity index (χ4n) is 2.97. The molecule has 24 heavy (non-hydrogen) atoms. The minimum absolute atomic E-state index is 0.554. The molecule has 1 aromatic heterocycles. The van der Waals surface area contributed by atoms with Gasteiger partial charge in [-0.15, -0.1) is 0 Å². The first-order chi connectivity index (χ1) is 11.8. The molecule has 1 aliphatic heterocycles. The van der Waals surface area contributed by atoms with E-state index < -0.39 is 0 Å². The van der Waals surface area contributed by atoms with Gasteiger partial charge in [0.1, 0.15) is 5.75 Å². The number of nitrogens with zero attached hydrogens (tertiary/aromatic N) is 3. The SMILES string of the molecule is Clc1ccc(Oc2nc3ccccc3nc2N2CCCCC2)cc1. The number of aromatic nitrogens is 2. The quantitative estimate of drug-likeness (QED) is 0.668. The molecule has 0 saturated carbocycles. The first kappa shape index (κ1) is 15.2. The van der Waals surface area contributed by atoms with E-state index >= 15 is 0 Å². The van der Waals surface area contributed by atoms with Crippen molar-refractivity contribution in [1.82, 2.24) is 9.97 Å². The van der Waals surface area contributed by atoms with E-state index in [1.54, 1.807) is 0 Å². The molecule has 2 heterocycles. The van der Waals surface area contributed by atoms with Crippen molar-refractivity contribution in [3.63, 3.8) is 0 Å². The third kappa shape index (κ3) is 3.15. The monoisotopic (exact) mass is 339 g/mol. The number of benzene rings is 2. The van der Waals surface area contributed by atoms with Crippen LogP contribution in [0.5, 0.6) is 11.6 Å². The van der Waals surface area contributed by atoms with Crippen LogP contribution in [0.1, 0.15) is 19.3 Å². The fourth-order valence-corrected chi connectivity index (χ4v) is 3.09. The summed E-state index contributed by atoms with van der Waals surface area (Å²) < 4.78 is 6.05. The summed E-state index contributed by atoms with van der Waals surface area (Å²) in [7, 11) is 0. The van der Waals surface area contributed by atoms with Crippen molar-refractivity contribution in [3.05, 3.63) is 53.6 Å². The summed E-state index contributed by atoms with van der Waals surface area (Å²) in [4.78, 5) is 11.8. The first-order valence-electron chi connectivity index (χ1n) is 8.25. The summed E-state index contributed by atoms with van der Waals surface area (Å²) in [6, 6.07) is 15.2. The summed E-state index contributed by atoms with van der Waals surface area (Å²) in [5.74, 6) is 2.09. The van der Waals surface area contributed by atoms with Crippen LogP contribution in [0, 0.1) is 0 Å². The van der Waals surface area contributed by atoms with Crippen molar-refractivity contribution < 1.29 is 4.74 Å². The van der Waals surface area contributed by atoms with Crippen LogP contribution in [0.3, 0.4) is 0 Å². The van der Waals surface area contributed by atoms with Gasteiger partial charge < -0.3 is 9.64 Å². The zero-order chi connectivity index (χ0) is 16.4. The van der Waals surface area contributed by atoms with Crippen LogP contribution in [-0.2, 0) is 0 Å². The Kier molecular flexibility index (Phi) is 4.22. The van der Waals surface area contributed by atoms with E-state index in [0.717, 1.165) is 29.9 Å². The number of anilines is 1. The van der Waals surface area contributed by atoms with Gasteiger partial charge in [0.25, 0.3) is 5.88 Å². The highest BCUT2D eigenvalue weighted by Gasteiger charge is 2.19. The number of hydrogen-bond donors (Lipinski definition) is 0. The molecule has 0 aliphatic carbocycles. The molecule has 0 bridgehead atoms. The third-order valence-corrected chi connectivity index (χ3v) is 4.46. The minimum atomic E-state index is 0.554. The number of rotatable bonds is 3. The maximum Gasteiger partial charge on any atom is 0.263 e. The molecule has 2 aromatic carbocycles. The van der Waals surface area contributed by atoms with Gasteiger partial charge in [0.2, 0.25) is 0 Å². The lowest BCUT2D eigenvalue weighted by Crippen LogP contribution is -2.30. The number of piperidine rings is 1. The van der Waals surface area contributed by atoms with Gasteiger partial charge in [-0.3, -0.25) is 0 Å². The molecule has 3 aromatic rings. The standard InChI is InChI=1S/C19H18ClN3O/c20-14-8-10-15(11-9-14)24-19-18(23-12-4-1-5-13-23)21-16-6-2-3-7-17(16)22-19/h2-3,6-11H,1,4-5,12-13H2. The van der Waals surface area contributed by atoms with Crippen molar-refractivity contribution in [2.24, 2.45) is 0 Å². The Morgan fingerprint density at radius 3 is 2.21 bits per heavy atom. The third-order valence-electron chi connectivity index (χ3n) is 4.21. The van der Waals surface area contributed by atoms with Crippen LogP contribution in [0.2, 0.25) is 5.02 Å². The zero-order valence-electron chi connectivity index (χ0n) is 13.3. The Morgan fingerprint density at radius 2 is 1.50 bits per heavy atom. The lowest BCUT2D eigenvalue weighted by molar-refractivity contribution is 0.457. The first-order valence-corrected chi connectivity index (χ1v) is 8.62. The Morgan fingerprint density at radius 1 is 0.833 bits per heavy atom. The molecular weight excluding hydrogens is 322 g/mol. The van der Waals surface area contributed by atoms with Crippen LogP contribution in [0.15, 0.2) is 48.5 Å². The molecule has 4 nitrogen and oxygen atoms in total. The summed E-state index contributed by atoms with van der Waals surface area (Å²) in [5.41, 5.74) is 1.73. The van der Waals surface area contributed by atoms with E-state index in [1.807, 2.05) is 48.5 Å². The second-order valence-corrected chi connectivity index (χ2v) is 6.38. The van der Waals surface area contributed by atoms with E-state index in [0.29, 0.717) is 16.7 Å². The predicted octanol–water partition coefficient (Wildman–Crippen LogP) is 5.07. The molecule has 0 spiro atoms. The molecule has 0 N–H and O–H groups in total. The average molecular weight is 340 g/mol. The topological polar surface area (TPSA) is 38.3 Å². The molecule has 1 aliphatic rings. The van der Waals surface area contributed by atoms with Gasteiger partial charge in [0.15, 0.2) is 5.82 Å². The van der Waals surface area contributed by atoms with Crippen molar-refractivity contribution in [2.75, 3.05) is 18.0 Å². The van der Waals surface area contributed by atoms with E-state index in [9.17, 15) is 0 Å². The Labute approximate surface area is 146 Å². The highest BCUT2D eigenvalue weighted by Crippen LogP contribution is 2.32. The number of fused-ring (bicyclic) bond motifs is 1. The largest absolute Gasteiger partial charge is 0.436 e. The van der Waals surface area contributed by atoms with Gasteiger partial charge in [-0.25, -0.2) is 9.97 Å². The molecular formula is C19H18ClN3O. The normalized spacial score (nSPS) is 14.8. The minimum Gasteiger partial charge on any atom is -0.436 e. The lowest BCUT2D eigenvalue weighted by Gasteiger charge is -2.28. The second-order valence-electron chi connectivity index (χ2n) is 5.94. The number of halogens is 1. The van der Waals surface area contributed by atoms with Crippen LogP contribution in [0.25, 0.3) is 11.0 Å². The second kappa shape index (κ2) is 6.65. The molecule has 1 saturated heterocycles. The van der Waals surface area contributed by atoms with Gasteiger partial charge in [0.05, 0.1) is 11.0 Å². The Hall–Kier alpha value is -2.33. The van der Waals surface area contributed by atoms with Crippen molar-refractivity contribution in [1.29, 1.82) is 0 Å². The maximum atomic E-state index is 6.05. The molecule has 4 rings (SSSR count). The molecule has 122 valence electrons. The highest BCUT2D eigenvalue weighted by molar-refractivity contribution is 6.30. The highest BCUT2D eigenvalue weighted by atomic mass is 35.5. The van der Waals surface area contributed by atoms with E-state index in [4.69, 9.17) is 26.3 Å².